The molecule has 0 unspecified atom stereocenters. The number of nitrogens with zero attached hydrogens (tertiary/aromatic N) is 1. The first-order chi connectivity index (χ1) is 11.1. The Morgan fingerprint density at radius 1 is 0.957 bits per heavy atom. The maximum Gasteiger partial charge on any atom is 0.282 e. The van der Waals surface area contributed by atoms with Gasteiger partial charge < -0.3 is 5.32 Å². The van der Waals surface area contributed by atoms with E-state index >= 15 is 0 Å². The monoisotopic (exact) mass is 306 g/mol. The molecular weight excluding hydrogens is 292 g/mol. The lowest BCUT2D eigenvalue weighted by atomic mass is 10.1. The van der Waals surface area contributed by atoms with Crippen molar-refractivity contribution in [2.24, 2.45) is 0 Å². The summed E-state index contributed by atoms with van der Waals surface area (Å²) < 4.78 is 0. The molecule has 1 N–H and O–H groups in total. The van der Waals surface area contributed by atoms with Crippen molar-refractivity contribution >= 4 is 22.4 Å². The van der Waals surface area contributed by atoms with Crippen LogP contribution in [0, 0.1) is 10.1 Å². The van der Waals surface area contributed by atoms with E-state index < -0.39 is 10.8 Å². The van der Waals surface area contributed by atoms with Crippen molar-refractivity contribution in [2.75, 3.05) is 0 Å². The van der Waals surface area contributed by atoms with Crippen LogP contribution in [0.3, 0.4) is 0 Å². The van der Waals surface area contributed by atoms with E-state index in [-0.39, 0.29) is 11.3 Å². The highest BCUT2D eigenvalue weighted by atomic mass is 16.6. The van der Waals surface area contributed by atoms with Crippen molar-refractivity contribution in [1.82, 2.24) is 5.32 Å². The van der Waals surface area contributed by atoms with Crippen LogP contribution in [0.2, 0.25) is 0 Å². The van der Waals surface area contributed by atoms with Crippen LogP contribution >= 0.6 is 0 Å². The first-order valence-corrected chi connectivity index (χ1v) is 7.14. The molecule has 5 nitrogen and oxygen atoms in total. The third kappa shape index (κ3) is 3.18. The Hall–Kier alpha value is -3.21. The molecule has 114 valence electrons. The number of nitro groups is 1. The molecule has 0 aliphatic carbocycles. The van der Waals surface area contributed by atoms with Crippen molar-refractivity contribution in [3.05, 3.63) is 88.0 Å². The Bertz CT molecular complexity index is 890. The molecule has 0 atom stereocenters. The molecular formula is C18H14N2O3. The minimum absolute atomic E-state index is 0.0679. The molecule has 0 radical (unpaired) electrons. The number of rotatable bonds is 4. The van der Waals surface area contributed by atoms with Gasteiger partial charge in [0.15, 0.2) is 0 Å². The molecule has 5 heteroatoms. The Morgan fingerprint density at radius 3 is 2.43 bits per heavy atom. The maximum absolute atomic E-state index is 12.2. The minimum atomic E-state index is -0.551. The summed E-state index contributed by atoms with van der Waals surface area (Å²) in [6.45, 7) is 0.315. The SMILES string of the molecule is O=C(NCc1ccc2ccccc2c1)c1ccccc1[N+](=O)[O-]. The summed E-state index contributed by atoms with van der Waals surface area (Å²) in [5, 5.41) is 15.9. The minimum Gasteiger partial charge on any atom is -0.348 e. The summed E-state index contributed by atoms with van der Waals surface area (Å²) in [4.78, 5) is 22.6. The zero-order chi connectivity index (χ0) is 16.2. The smallest absolute Gasteiger partial charge is 0.282 e. The molecule has 0 saturated carbocycles. The van der Waals surface area contributed by atoms with Gasteiger partial charge in [-0.3, -0.25) is 14.9 Å². The normalized spacial score (nSPS) is 10.4. The van der Waals surface area contributed by atoms with Crippen molar-refractivity contribution in [3.63, 3.8) is 0 Å². The van der Waals surface area contributed by atoms with E-state index in [9.17, 15) is 14.9 Å². The lowest BCUT2D eigenvalue weighted by Crippen LogP contribution is -2.23. The van der Waals surface area contributed by atoms with E-state index in [0.717, 1.165) is 16.3 Å². The van der Waals surface area contributed by atoms with Crippen LogP contribution in [-0.2, 0) is 6.54 Å². The molecule has 0 heterocycles. The molecule has 3 aromatic carbocycles. The second-order valence-corrected chi connectivity index (χ2v) is 5.14. The number of hydrogen-bond acceptors (Lipinski definition) is 3. The molecule has 0 bridgehead atoms. The highest BCUT2D eigenvalue weighted by Gasteiger charge is 2.18. The van der Waals surface area contributed by atoms with Crippen molar-refractivity contribution in [3.8, 4) is 0 Å². The number of carbonyl (C=O) groups is 1. The number of nitrogens with one attached hydrogen (secondary N) is 1. The standard InChI is InChI=1S/C18H14N2O3/c21-18(16-7-3-4-8-17(16)20(22)23)19-12-13-9-10-14-5-1-2-6-15(14)11-13/h1-11H,12H2,(H,19,21). The van der Waals surface area contributed by atoms with Crippen LogP contribution < -0.4 is 5.32 Å². The molecule has 0 aliphatic rings. The number of carbonyl (C=O) groups excluding carboxylic acids is 1. The van der Waals surface area contributed by atoms with Crippen molar-refractivity contribution in [2.45, 2.75) is 6.54 Å². The van der Waals surface area contributed by atoms with Gasteiger partial charge in [0.1, 0.15) is 5.56 Å². The fourth-order valence-electron chi connectivity index (χ4n) is 2.45. The number of hydrogen-bond donors (Lipinski definition) is 1. The Labute approximate surface area is 132 Å². The highest BCUT2D eigenvalue weighted by molar-refractivity contribution is 5.98. The van der Waals surface area contributed by atoms with Gasteiger partial charge in [-0.2, -0.15) is 0 Å². The number of amides is 1. The largest absolute Gasteiger partial charge is 0.348 e. The summed E-state index contributed by atoms with van der Waals surface area (Å²) in [6.07, 6.45) is 0. The average molecular weight is 306 g/mol. The second-order valence-electron chi connectivity index (χ2n) is 5.14. The van der Waals surface area contributed by atoms with Crippen molar-refractivity contribution in [1.29, 1.82) is 0 Å². The van der Waals surface area contributed by atoms with Gasteiger partial charge in [-0.15, -0.1) is 0 Å². The third-order valence-corrected chi connectivity index (χ3v) is 3.61. The van der Waals surface area contributed by atoms with E-state index in [4.69, 9.17) is 0 Å². The van der Waals surface area contributed by atoms with Gasteiger partial charge in [-0.05, 0) is 28.5 Å². The van der Waals surface area contributed by atoms with Crippen LogP contribution in [-0.4, -0.2) is 10.8 Å². The van der Waals surface area contributed by atoms with Crippen molar-refractivity contribution < 1.29 is 9.72 Å². The summed E-state index contributed by atoms with van der Waals surface area (Å²) in [5.74, 6) is -0.453. The number of fused-ring (bicyclic) bond motifs is 1. The molecule has 0 fully saturated rings. The molecule has 0 saturated heterocycles. The maximum atomic E-state index is 12.2. The van der Waals surface area contributed by atoms with Crippen LogP contribution in [0.15, 0.2) is 66.7 Å². The lowest BCUT2D eigenvalue weighted by molar-refractivity contribution is -0.385. The summed E-state index contributed by atoms with van der Waals surface area (Å²) in [6, 6.07) is 19.8. The molecule has 0 spiro atoms. The third-order valence-electron chi connectivity index (χ3n) is 3.61. The molecule has 0 aliphatic heterocycles. The molecule has 3 rings (SSSR count). The van der Waals surface area contributed by atoms with Gasteiger partial charge in [0, 0.05) is 12.6 Å². The second kappa shape index (κ2) is 6.27. The van der Waals surface area contributed by atoms with Gasteiger partial charge in [0.2, 0.25) is 0 Å². The fourth-order valence-corrected chi connectivity index (χ4v) is 2.45. The topological polar surface area (TPSA) is 72.2 Å². The summed E-state index contributed by atoms with van der Waals surface area (Å²) >= 11 is 0. The Kier molecular flexibility index (Phi) is 4.01. The first-order valence-electron chi connectivity index (χ1n) is 7.14. The van der Waals surface area contributed by atoms with E-state index in [0.29, 0.717) is 6.54 Å². The predicted molar refractivity (Wildman–Crippen MR) is 88.2 cm³/mol. The highest BCUT2D eigenvalue weighted by Crippen LogP contribution is 2.18. The number of nitro benzene ring substituents is 1. The van der Waals surface area contributed by atoms with E-state index in [1.165, 1.54) is 18.2 Å². The van der Waals surface area contributed by atoms with Gasteiger partial charge >= 0.3 is 0 Å². The van der Waals surface area contributed by atoms with Gasteiger partial charge in [0.05, 0.1) is 4.92 Å². The molecule has 0 aromatic heterocycles. The van der Waals surface area contributed by atoms with Crippen LogP contribution in [0.1, 0.15) is 15.9 Å². The summed E-state index contributed by atoms with van der Waals surface area (Å²) in [5.41, 5.74) is 0.817. The van der Waals surface area contributed by atoms with E-state index in [2.05, 4.69) is 5.32 Å². The quantitative estimate of drug-likeness (QED) is 0.590. The average Bonchev–Trinajstić information content (AvgIpc) is 2.59. The van der Waals surface area contributed by atoms with E-state index in [1.807, 2.05) is 42.5 Å². The Morgan fingerprint density at radius 2 is 1.65 bits per heavy atom. The van der Waals surface area contributed by atoms with Crippen LogP contribution in [0.4, 0.5) is 5.69 Å². The van der Waals surface area contributed by atoms with Crippen LogP contribution in [0.25, 0.3) is 10.8 Å². The molecule has 3 aromatic rings. The Balaban J connectivity index is 1.77. The molecule has 1 amide bonds. The first kappa shape index (κ1) is 14.7. The van der Waals surface area contributed by atoms with E-state index in [1.54, 1.807) is 6.07 Å². The molecule has 23 heavy (non-hydrogen) atoms. The zero-order valence-corrected chi connectivity index (χ0v) is 12.2. The fraction of sp³-hybridized carbons (Fsp3) is 0.0556. The number of para-hydroxylation sites is 1. The zero-order valence-electron chi connectivity index (χ0n) is 12.2. The van der Waals surface area contributed by atoms with Gasteiger partial charge in [-0.1, -0.05) is 48.5 Å². The number of benzene rings is 3. The van der Waals surface area contributed by atoms with Gasteiger partial charge in [0.25, 0.3) is 11.6 Å². The lowest BCUT2D eigenvalue weighted by Gasteiger charge is -2.07. The predicted octanol–water partition coefficient (Wildman–Crippen LogP) is 3.68. The van der Waals surface area contributed by atoms with Gasteiger partial charge in [-0.25, -0.2) is 0 Å². The van der Waals surface area contributed by atoms with Crippen LogP contribution in [0.5, 0.6) is 0 Å². The summed E-state index contributed by atoms with van der Waals surface area (Å²) in [7, 11) is 0.